The molecule has 0 saturated carbocycles. The molecular weight excluding hydrogens is 406 g/mol. The summed E-state index contributed by atoms with van der Waals surface area (Å²) < 4.78 is 8.86. The van der Waals surface area contributed by atoms with E-state index in [1.54, 1.807) is 22.9 Å². The third kappa shape index (κ3) is 3.69. The molecule has 1 unspecified atom stereocenters. The van der Waals surface area contributed by atoms with Crippen LogP contribution in [0.5, 0.6) is 0 Å². The SMILES string of the molecule is N=c1c(C(=O)NCc2ccccc2)cc2c(=O)n3ccccc3nc2n1CC1CCCO1. The molecule has 3 aromatic heterocycles. The van der Waals surface area contributed by atoms with E-state index in [4.69, 9.17) is 10.1 Å². The monoisotopic (exact) mass is 429 g/mol. The fraction of sp³-hybridized carbons (Fsp3) is 0.250. The molecule has 1 amide bonds. The second-order valence-electron chi connectivity index (χ2n) is 7.90. The zero-order valence-electron chi connectivity index (χ0n) is 17.5. The number of aromatic nitrogens is 3. The van der Waals surface area contributed by atoms with Gasteiger partial charge in [-0.1, -0.05) is 36.4 Å². The van der Waals surface area contributed by atoms with Crippen LogP contribution in [0.2, 0.25) is 0 Å². The van der Waals surface area contributed by atoms with Crippen LogP contribution in [0.1, 0.15) is 28.8 Å². The highest BCUT2D eigenvalue weighted by atomic mass is 16.5. The predicted molar refractivity (Wildman–Crippen MR) is 119 cm³/mol. The molecule has 2 N–H and O–H groups in total. The van der Waals surface area contributed by atoms with E-state index in [9.17, 15) is 9.59 Å². The first kappa shape index (κ1) is 20.1. The minimum Gasteiger partial charge on any atom is -0.376 e. The van der Waals surface area contributed by atoms with Gasteiger partial charge in [0, 0.05) is 19.3 Å². The molecule has 8 nitrogen and oxygen atoms in total. The fourth-order valence-corrected chi connectivity index (χ4v) is 4.10. The van der Waals surface area contributed by atoms with Crippen molar-refractivity contribution < 1.29 is 9.53 Å². The number of carbonyl (C=O) groups excluding carboxylic acids is 1. The van der Waals surface area contributed by atoms with Gasteiger partial charge in [-0.2, -0.15) is 0 Å². The van der Waals surface area contributed by atoms with Crippen molar-refractivity contribution >= 4 is 22.6 Å². The predicted octanol–water partition coefficient (Wildman–Crippen LogP) is 2.24. The standard InChI is InChI=1S/C24H23N5O3/c25-21-18(23(30)26-14-16-7-2-1-3-8-16)13-19-22(29(21)15-17-9-6-12-32-17)27-20-10-4-5-11-28(20)24(19)31/h1-5,7-8,10-11,13,17,25H,6,9,12,14-15H2,(H,26,30). The minimum atomic E-state index is -0.403. The van der Waals surface area contributed by atoms with Crippen molar-refractivity contribution in [2.24, 2.45) is 0 Å². The van der Waals surface area contributed by atoms with Gasteiger partial charge in [0.15, 0.2) is 0 Å². The summed E-state index contributed by atoms with van der Waals surface area (Å²) in [4.78, 5) is 30.9. The van der Waals surface area contributed by atoms with Crippen molar-refractivity contribution in [3.8, 4) is 0 Å². The summed E-state index contributed by atoms with van der Waals surface area (Å²) in [5.74, 6) is -0.403. The van der Waals surface area contributed by atoms with Gasteiger partial charge < -0.3 is 14.6 Å². The Morgan fingerprint density at radius 3 is 2.78 bits per heavy atom. The third-order valence-electron chi connectivity index (χ3n) is 5.77. The highest BCUT2D eigenvalue weighted by Crippen LogP contribution is 2.17. The number of amides is 1. The number of carbonyl (C=O) groups is 1. The second-order valence-corrected chi connectivity index (χ2v) is 7.90. The Morgan fingerprint density at radius 2 is 2.00 bits per heavy atom. The normalized spacial score (nSPS) is 15.9. The Bertz CT molecular complexity index is 1420. The quantitative estimate of drug-likeness (QED) is 0.475. The Morgan fingerprint density at radius 1 is 1.19 bits per heavy atom. The van der Waals surface area contributed by atoms with Crippen molar-refractivity contribution in [1.29, 1.82) is 5.41 Å². The van der Waals surface area contributed by atoms with E-state index in [0.29, 0.717) is 36.4 Å². The molecule has 1 fully saturated rings. The van der Waals surface area contributed by atoms with Gasteiger partial charge in [-0.3, -0.25) is 19.4 Å². The number of hydrogen-bond donors (Lipinski definition) is 2. The summed E-state index contributed by atoms with van der Waals surface area (Å²) in [6, 6.07) is 16.4. The Balaban J connectivity index is 1.63. The molecule has 1 saturated heterocycles. The van der Waals surface area contributed by atoms with Crippen LogP contribution in [0, 0.1) is 5.41 Å². The summed E-state index contributed by atoms with van der Waals surface area (Å²) in [5.41, 5.74) is 1.72. The van der Waals surface area contributed by atoms with Crippen LogP contribution in [-0.2, 0) is 17.8 Å². The largest absolute Gasteiger partial charge is 0.376 e. The van der Waals surface area contributed by atoms with Gasteiger partial charge in [-0.05, 0) is 36.6 Å². The van der Waals surface area contributed by atoms with E-state index >= 15 is 0 Å². The Kier molecular flexibility index (Phi) is 5.28. The molecule has 8 heteroatoms. The van der Waals surface area contributed by atoms with E-state index in [1.165, 1.54) is 10.5 Å². The Hall–Kier alpha value is -3.78. The zero-order chi connectivity index (χ0) is 22.1. The number of ether oxygens (including phenoxy) is 1. The number of pyridine rings is 2. The maximum absolute atomic E-state index is 13.2. The third-order valence-corrected chi connectivity index (χ3v) is 5.77. The molecule has 1 atom stereocenters. The summed E-state index contributed by atoms with van der Waals surface area (Å²) in [6.45, 7) is 1.37. The van der Waals surface area contributed by atoms with Crippen LogP contribution in [0.4, 0.5) is 0 Å². The first-order chi connectivity index (χ1) is 15.6. The molecule has 0 aliphatic carbocycles. The topological polar surface area (TPSA) is 101 Å². The summed E-state index contributed by atoms with van der Waals surface area (Å²) in [5, 5.41) is 11.9. The van der Waals surface area contributed by atoms with Crippen molar-refractivity contribution in [3.05, 3.63) is 87.8 Å². The lowest BCUT2D eigenvalue weighted by atomic mass is 10.1. The average Bonchev–Trinajstić information content (AvgIpc) is 3.34. The smallest absolute Gasteiger partial charge is 0.267 e. The van der Waals surface area contributed by atoms with Gasteiger partial charge >= 0.3 is 0 Å². The summed E-state index contributed by atoms with van der Waals surface area (Å²) >= 11 is 0. The van der Waals surface area contributed by atoms with E-state index < -0.39 is 5.91 Å². The first-order valence-corrected chi connectivity index (χ1v) is 10.6. The molecule has 162 valence electrons. The van der Waals surface area contributed by atoms with Crippen molar-refractivity contribution in [2.45, 2.75) is 32.0 Å². The molecule has 1 aromatic carbocycles. The molecule has 4 aromatic rings. The van der Waals surface area contributed by atoms with Gasteiger partial charge in [-0.15, -0.1) is 0 Å². The molecule has 1 aliphatic rings. The van der Waals surface area contributed by atoms with E-state index in [-0.39, 0.29) is 22.7 Å². The van der Waals surface area contributed by atoms with Gasteiger partial charge in [0.25, 0.3) is 11.5 Å². The van der Waals surface area contributed by atoms with Gasteiger partial charge in [-0.25, -0.2) is 4.98 Å². The molecule has 1 aliphatic heterocycles. The molecule has 4 heterocycles. The lowest BCUT2D eigenvalue weighted by Crippen LogP contribution is -2.36. The lowest BCUT2D eigenvalue weighted by molar-refractivity contribution is 0.0931. The number of benzene rings is 1. The average molecular weight is 429 g/mol. The molecular formula is C24H23N5O3. The Labute approximate surface area is 183 Å². The minimum absolute atomic E-state index is 0.0192. The van der Waals surface area contributed by atoms with Gasteiger partial charge in [0.05, 0.1) is 23.6 Å². The van der Waals surface area contributed by atoms with Crippen molar-refractivity contribution in [2.75, 3.05) is 6.61 Å². The number of hydrogen-bond acceptors (Lipinski definition) is 5. The van der Waals surface area contributed by atoms with Crippen molar-refractivity contribution in [3.63, 3.8) is 0 Å². The number of rotatable bonds is 5. The highest BCUT2D eigenvalue weighted by molar-refractivity contribution is 5.96. The van der Waals surface area contributed by atoms with Crippen molar-refractivity contribution in [1.82, 2.24) is 19.3 Å². The van der Waals surface area contributed by atoms with E-state index in [0.717, 1.165) is 18.4 Å². The molecule has 0 spiro atoms. The molecule has 5 rings (SSSR count). The number of nitrogens with one attached hydrogen (secondary N) is 2. The maximum Gasteiger partial charge on any atom is 0.267 e. The maximum atomic E-state index is 13.2. The first-order valence-electron chi connectivity index (χ1n) is 10.6. The van der Waals surface area contributed by atoms with Crippen LogP contribution in [0.15, 0.2) is 65.6 Å². The molecule has 32 heavy (non-hydrogen) atoms. The molecule has 0 bridgehead atoms. The number of nitrogens with zero attached hydrogens (tertiary/aromatic N) is 3. The van der Waals surface area contributed by atoms with Crippen LogP contribution < -0.4 is 16.4 Å². The van der Waals surface area contributed by atoms with Gasteiger partial charge in [0.2, 0.25) is 0 Å². The molecule has 0 radical (unpaired) electrons. The van der Waals surface area contributed by atoms with Crippen LogP contribution in [-0.4, -0.2) is 32.6 Å². The van der Waals surface area contributed by atoms with Crippen LogP contribution in [0.3, 0.4) is 0 Å². The van der Waals surface area contributed by atoms with E-state index in [2.05, 4.69) is 10.3 Å². The zero-order valence-corrected chi connectivity index (χ0v) is 17.5. The highest BCUT2D eigenvalue weighted by Gasteiger charge is 2.22. The second kappa shape index (κ2) is 8.39. The fourth-order valence-electron chi connectivity index (χ4n) is 4.10. The van der Waals surface area contributed by atoms with Crippen LogP contribution in [0.25, 0.3) is 16.7 Å². The van der Waals surface area contributed by atoms with Crippen LogP contribution >= 0.6 is 0 Å². The summed E-state index contributed by atoms with van der Waals surface area (Å²) in [6.07, 6.45) is 3.39. The number of fused-ring (bicyclic) bond motifs is 2. The summed E-state index contributed by atoms with van der Waals surface area (Å²) in [7, 11) is 0. The lowest BCUT2D eigenvalue weighted by Gasteiger charge is -2.17. The van der Waals surface area contributed by atoms with Gasteiger partial charge in [0.1, 0.15) is 16.8 Å². The van der Waals surface area contributed by atoms with E-state index in [1.807, 2.05) is 36.4 Å².